The molecule has 1 N–H and O–H groups in total. The lowest BCUT2D eigenvalue weighted by molar-refractivity contribution is 0.447. The third kappa shape index (κ3) is 2.49. The molecule has 3 rings (SSSR count). The molecule has 0 amide bonds. The quantitative estimate of drug-likeness (QED) is 0.781. The van der Waals surface area contributed by atoms with Crippen molar-refractivity contribution in [1.29, 1.82) is 0 Å². The minimum atomic E-state index is 0.0343. The van der Waals surface area contributed by atoms with Crippen LogP contribution < -0.4 is 5.32 Å². The number of aryl methyl sites for hydroxylation is 1. The number of hydrogen-bond donors (Lipinski definition) is 1. The minimum absolute atomic E-state index is 0.0343. The average Bonchev–Trinajstić information content (AvgIpc) is 2.86. The molecule has 3 nitrogen and oxygen atoms in total. The number of nitrogens with one attached hydrogen (secondary N) is 1. The molecule has 1 unspecified atom stereocenters. The number of halogens is 1. The van der Waals surface area contributed by atoms with Crippen molar-refractivity contribution < 1.29 is 4.42 Å². The van der Waals surface area contributed by atoms with E-state index in [1.54, 1.807) is 0 Å². The van der Waals surface area contributed by atoms with Gasteiger partial charge in [0.15, 0.2) is 4.67 Å². The van der Waals surface area contributed by atoms with Crippen molar-refractivity contribution in [1.82, 2.24) is 10.3 Å². The lowest BCUT2D eigenvalue weighted by Crippen LogP contribution is -2.16. The van der Waals surface area contributed by atoms with Crippen molar-refractivity contribution in [2.24, 2.45) is 0 Å². The van der Waals surface area contributed by atoms with E-state index in [1.807, 2.05) is 32.2 Å². The largest absolute Gasteiger partial charge is 0.452 e. The monoisotopic (exact) mass is 330 g/mol. The summed E-state index contributed by atoms with van der Waals surface area (Å²) < 4.78 is 6.40. The summed E-state index contributed by atoms with van der Waals surface area (Å²) in [6.07, 6.45) is 0. The van der Waals surface area contributed by atoms with E-state index in [0.29, 0.717) is 0 Å². The first-order chi connectivity index (χ1) is 9.67. The predicted molar refractivity (Wildman–Crippen MR) is 83.8 cm³/mol. The molecule has 0 aliphatic heterocycles. The average molecular weight is 331 g/mol. The topological polar surface area (TPSA) is 38.1 Å². The van der Waals surface area contributed by atoms with Crippen molar-refractivity contribution in [3.63, 3.8) is 0 Å². The predicted octanol–water partition coefficient (Wildman–Crippen LogP) is 4.21. The van der Waals surface area contributed by atoms with Gasteiger partial charge in [-0.05, 0) is 65.8 Å². The number of furan rings is 1. The molecular weight excluding hydrogens is 316 g/mol. The Labute approximate surface area is 126 Å². The van der Waals surface area contributed by atoms with Gasteiger partial charge in [0.1, 0.15) is 5.76 Å². The first-order valence-corrected chi connectivity index (χ1v) is 7.26. The Bertz CT molecular complexity index is 751. The van der Waals surface area contributed by atoms with Crippen LogP contribution in [0.4, 0.5) is 0 Å². The van der Waals surface area contributed by atoms with Gasteiger partial charge in [-0.2, -0.15) is 0 Å². The molecule has 4 heteroatoms. The van der Waals surface area contributed by atoms with Gasteiger partial charge in [0.05, 0.1) is 11.6 Å². The fourth-order valence-corrected chi connectivity index (χ4v) is 2.70. The van der Waals surface area contributed by atoms with Crippen LogP contribution in [-0.4, -0.2) is 12.0 Å². The highest BCUT2D eigenvalue weighted by molar-refractivity contribution is 9.10. The standard InChI is InChI=1S/C16H15BrN2O/c1-10-3-4-11-9-12(5-6-13(11)19-10)16(18-2)14-7-8-15(17)20-14/h3-9,16,18H,1-2H3. The normalized spacial score (nSPS) is 12.8. The van der Waals surface area contributed by atoms with Crippen LogP contribution in [0, 0.1) is 6.92 Å². The molecule has 1 atom stereocenters. The molecule has 0 fully saturated rings. The molecule has 0 aliphatic rings. The second kappa shape index (κ2) is 5.38. The fraction of sp³-hybridized carbons (Fsp3) is 0.188. The van der Waals surface area contributed by atoms with Gasteiger partial charge < -0.3 is 9.73 Å². The van der Waals surface area contributed by atoms with Crippen molar-refractivity contribution in [2.45, 2.75) is 13.0 Å². The van der Waals surface area contributed by atoms with Crippen LogP contribution in [0.5, 0.6) is 0 Å². The van der Waals surface area contributed by atoms with E-state index >= 15 is 0 Å². The van der Waals surface area contributed by atoms with E-state index in [9.17, 15) is 0 Å². The fourth-order valence-electron chi connectivity index (χ4n) is 2.38. The molecule has 1 aromatic carbocycles. The Morgan fingerprint density at radius 1 is 1.15 bits per heavy atom. The van der Waals surface area contributed by atoms with Gasteiger partial charge in [-0.3, -0.25) is 4.98 Å². The van der Waals surface area contributed by atoms with Crippen molar-refractivity contribution >= 4 is 26.8 Å². The second-order valence-electron chi connectivity index (χ2n) is 4.77. The number of rotatable bonds is 3. The number of hydrogen-bond acceptors (Lipinski definition) is 3. The first kappa shape index (κ1) is 13.3. The van der Waals surface area contributed by atoms with E-state index in [2.05, 4.69) is 50.5 Å². The SMILES string of the molecule is CNC(c1ccc2nc(C)ccc2c1)c1ccc(Br)o1. The zero-order chi connectivity index (χ0) is 14.1. The summed E-state index contributed by atoms with van der Waals surface area (Å²) in [4.78, 5) is 4.53. The number of nitrogens with zero attached hydrogens (tertiary/aromatic N) is 1. The summed E-state index contributed by atoms with van der Waals surface area (Å²) in [6, 6.07) is 14.3. The smallest absolute Gasteiger partial charge is 0.169 e. The van der Waals surface area contributed by atoms with E-state index in [1.165, 1.54) is 0 Å². The van der Waals surface area contributed by atoms with Crippen molar-refractivity contribution in [2.75, 3.05) is 7.05 Å². The summed E-state index contributed by atoms with van der Waals surface area (Å²) in [6.45, 7) is 2.00. The molecule has 0 bridgehead atoms. The Morgan fingerprint density at radius 2 is 2.00 bits per heavy atom. The number of pyridine rings is 1. The molecule has 0 saturated heterocycles. The molecular formula is C16H15BrN2O. The second-order valence-corrected chi connectivity index (χ2v) is 5.55. The van der Waals surface area contributed by atoms with Crippen LogP contribution in [0.15, 0.2) is 51.6 Å². The summed E-state index contributed by atoms with van der Waals surface area (Å²) in [5.74, 6) is 0.888. The van der Waals surface area contributed by atoms with Crippen LogP contribution in [-0.2, 0) is 0 Å². The molecule has 2 aromatic heterocycles. The maximum absolute atomic E-state index is 5.66. The van der Waals surface area contributed by atoms with Gasteiger partial charge in [0, 0.05) is 11.1 Å². The lowest BCUT2D eigenvalue weighted by atomic mass is 10.0. The minimum Gasteiger partial charge on any atom is -0.452 e. The summed E-state index contributed by atoms with van der Waals surface area (Å²) in [5, 5.41) is 4.43. The van der Waals surface area contributed by atoms with Crippen LogP contribution in [0.3, 0.4) is 0 Å². The molecule has 20 heavy (non-hydrogen) atoms. The highest BCUT2D eigenvalue weighted by Gasteiger charge is 2.16. The first-order valence-electron chi connectivity index (χ1n) is 6.47. The summed E-state index contributed by atoms with van der Waals surface area (Å²) in [7, 11) is 1.93. The van der Waals surface area contributed by atoms with Gasteiger partial charge >= 0.3 is 0 Å². The molecule has 0 saturated carbocycles. The Balaban J connectivity index is 2.05. The molecule has 102 valence electrons. The molecule has 0 spiro atoms. The van der Waals surface area contributed by atoms with E-state index < -0.39 is 0 Å². The van der Waals surface area contributed by atoms with E-state index in [0.717, 1.165) is 32.6 Å². The maximum Gasteiger partial charge on any atom is 0.169 e. The summed E-state index contributed by atoms with van der Waals surface area (Å²) >= 11 is 3.35. The Hall–Kier alpha value is -1.65. The van der Waals surface area contributed by atoms with Crippen LogP contribution in [0.25, 0.3) is 10.9 Å². The Kier molecular flexibility index (Phi) is 3.59. The highest BCUT2D eigenvalue weighted by atomic mass is 79.9. The van der Waals surface area contributed by atoms with Crippen LogP contribution in [0.1, 0.15) is 23.1 Å². The van der Waals surface area contributed by atoms with Gasteiger partial charge in [-0.1, -0.05) is 12.1 Å². The summed E-state index contributed by atoms with van der Waals surface area (Å²) in [5.41, 5.74) is 3.21. The third-order valence-electron chi connectivity index (χ3n) is 3.35. The van der Waals surface area contributed by atoms with Crippen molar-refractivity contribution in [3.8, 4) is 0 Å². The molecule has 3 aromatic rings. The van der Waals surface area contributed by atoms with Crippen LogP contribution >= 0.6 is 15.9 Å². The van der Waals surface area contributed by atoms with E-state index in [4.69, 9.17) is 4.42 Å². The third-order valence-corrected chi connectivity index (χ3v) is 3.78. The highest BCUT2D eigenvalue weighted by Crippen LogP contribution is 2.27. The molecule has 2 heterocycles. The Morgan fingerprint density at radius 3 is 2.70 bits per heavy atom. The van der Waals surface area contributed by atoms with Crippen LogP contribution in [0.2, 0.25) is 0 Å². The molecule has 0 radical (unpaired) electrons. The van der Waals surface area contributed by atoms with Gasteiger partial charge in [0.2, 0.25) is 0 Å². The zero-order valence-corrected chi connectivity index (χ0v) is 12.9. The number of aromatic nitrogens is 1. The van der Waals surface area contributed by atoms with E-state index in [-0.39, 0.29) is 6.04 Å². The van der Waals surface area contributed by atoms with Crippen molar-refractivity contribution in [3.05, 3.63) is 64.2 Å². The van der Waals surface area contributed by atoms with Gasteiger partial charge in [0.25, 0.3) is 0 Å². The lowest BCUT2D eigenvalue weighted by Gasteiger charge is -2.14. The number of fused-ring (bicyclic) bond motifs is 1. The maximum atomic E-state index is 5.66. The van der Waals surface area contributed by atoms with Gasteiger partial charge in [-0.25, -0.2) is 0 Å². The number of benzene rings is 1. The molecule has 0 aliphatic carbocycles. The zero-order valence-electron chi connectivity index (χ0n) is 11.4. The van der Waals surface area contributed by atoms with Gasteiger partial charge in [-0.15, -0.1) is 0 Å².